The minimum absolute atomic E-state index is 0.0531. The van der Waals surface area contributed by atoms with E-state index in [-0.39, 0.29) is 18.5 Å². The van der Waals surface area contributed by atoms with Gasteiger partial charge in [0.05, 0.1) is 13.0 Å². The van der Waals surface area contributed by atoms with Crippen LogP contribution >= 0.6 is 0 Å². The molecule has 2 amide bonds. The molecule has 9 heteroatoms. The molecule has 0 saturated heterocycles. The number of ether oxygens (including phenoxy) is 1. The van der Waals surface area contributed by atoms with Crippen LogP contribution in [0.2, 0.25) is 0 Å². The largest absolute Gasteiger partial charge is 0.627 e. The highest BCUT2D eigenvalue weighted by atomic mass is 19.2. The van der Waals surface area contributed by atoms with Crippen LogP contribution in [0.1, 0.15) is 46.1 Å². The van der Waals surface area contributed by atoms with E-state index in [1.165, 1.54) is 0 Å². The average Bonchev–Trinajstić information content (AvgIpc) is 2.50. The Hall–Kier alpha value is -2.13. The van der Waals surface area contributed by atoms with Gasteiger partial charge < -0.3 is 20.3 Å². The zero-order valence-electron chi connectivity index (χ0n) is 15.8. The molecule has 0 spiro atoms. The summed E-state index contributed by atoms with van der Waals surface area (Å²) in [6.07, 6.45) is -1.11. The van der Waals surface area contributed by atoms with Crippen molar-refractivity contribution in [2.45, 2.75) is 58.6 Å². The Morgan fingerprint density at radius 3 is 2.33 bits per heavy atom. The molecule has 27 heavy (non-hydrogen) atoms. The molecule has 0 aliphatic rings. The lowest BCUT2D eigenvalue weighted by Gasteiger charge is -2.25. The molecule has 1 aromatic rings. The second-order valence-corrected chi connectivity index (χ2v) is 7.21. The normalized spacial score (nSPS) is 13.8. The Bertz CT molecular complexity index is 677. The molecule has 2 atom stereocenters. The Labute approximate surface area is 156 Å². The standard InChI is InChI=1S/C18H25F3N2O4/c1-5-6-23(26)16(24)9-12(22-17(25)27-18(2,3)4)7-11-8-14(20)15(21)10-13(11)19/h8,10,12,23H,5-7,9H2,1-4H3,(H,22,25)/t12-/m1/s1. The fourth-order valence-electron chi connectivity index (χ4n) is 2.34. The zero-order valence-corrected chi connectivity index (χ0v) is 15.8. The number of carbonyl (C=O) groups excluding carboxylic acids is 2. The molecule has 1 unspecified atom stereocenters. The zero-order chi connectivity index (χ0) is 20.8. The van der Waals surface area contributed by atoms with Crippen molar-refractivity contribution in [3.05, 3.63) is 40.4 Å². The number of rotatable bonds is 7. The summed E-state index contributed by atoms with van der Waals surface area (Å²) in [5, 5.41) is 13.5. The summed E-state index contributed by atoms with van der Waals surface area (Å²) in [6, 6.07) is 0.0268. The van der Waals surface area contributed by atoms with Crippen molar-refractivity contribution < 1.29 is 32.6 Å². The molecular weight excluding hydrogens is 365 g/mol. The molecule has 6 nitrogen and oxygen atoms in total. The van der Waals surface area contributed by atoms with Crippen LogP contribution in [0.5, 0.6) is 0 Å². The minimum Gasteiger partial charge on any atom is -0.627 e. The number of halogens is 3. The first-order valence-electron chi connectivity index (χ1n) is 8.62. The van der Waals surface area contributed by atoms with Crippen LogP contribution in [0.25, 0.3) is 0 Å². The molecule has 1 rings (SSSR count). The van der Waals surface area contributed by atoms with Crippen LogP contribution in [0.4, 0.5) is 18.0 Å². The van der Waals surface area contributed by atoms with Crippen molar-refractivity contribution in [2.75, 3.05) is 6.54 Å². The molecule has 152 valence electrons. The number of nitrogens with one attached hydrogen (secondary N) is 2. The Morgan fingerprint density at radius 1 is 1.19 bits per heavy atom. The second-order valence-electron chi connectivity index (χ2n) is 7.21. The van der Waals surface area contributed by atoms with E-state index in [9.17, 15) is 28.0 Å². The van der Waals surface area contributed by atoms with Gasteiger partial charge in [-0.05, 0) is 45.2 Å². The van der Waals surface area contributed by atoms with Crippen molar-refractivity contribution in [3.8, 4) is 0 Å². The number of hydrogen-bond acceptors (Lipinski definition) is 4. The lowest BCUT2D eigenvalue weighted by atomic mass is 10.0. The number of quaternary nitrogens is 1. The first-order valence-corrected chi connectivity index (χ1v) is 8.62. The molecular formula is C18H25F3N2O4. The SMILES string of the molecule is CCC[NH+]([O-])C(=O)C[C@@H](Cc1cc(F)c(F)cc1F)NC(=O)OC(C)(C)C. The van der Waals surface area contributed by atoms with E-state index in [2.05, 4.69) is 5.32 Å². The van der Waals surface area contributed by atoms with Crippen molar-refractivity contribution in [3.63, 3.8) is 0 Å². The first-order chi connectivity index (χ1) is 12.4. The number of carbonyl (C=O) groups is 2. The smallest absolute Gasteiger partial charge is 0.407 e. The van der Waals surface area contributed by atoms with Gasteiger partial charge in [0, 0.05) is 12.1 Å². The van der Waals surface area contributed by atoms with Crippen LogP contribution in [-0.2, 0) is 16.0 Å². The maximum absolute atomic E-state index is 13.9. The molecule has 0 radical (unpaired) electrons. The fraction of sp³-hybridized carbons (Fsp3) is 0.556. The number of amides is 2. The van der Waals surface area contributed by atoms with Crippen molar-refractivity contribution in [1.29, 1.82) is 0 Å². The summed E-state index contributed by atoms with van der Waals surface area (Å²) < 4.78 is 45.5. The van der Waals surface area contributed by atoms with E-state index < -0.39 is 52.6 Å². The molecule has 1 aromatic carbocycles. The van der Waals surface area contributed by atoms with E-state index >= 15 is 0 Å². The molecule has 0 fully saturated rings. The van der Waals surface area contributed by atoms with Gasteiger partial charge in [-0.1, -0.05) is 6.92 Å². The number of alkyl carbamates (subject to hydrolysis) is 1. The van der Waals surface area contributed by atoms with E-state index in [4.69, 9.17) is 4.74 Å². The highest BCUT2D eigenvalue weighted by molar-refractivity contribution is 5.71. The summed E-state index contributed by atoms with van der Waals surface area (Å²) in [5.41, 5.74) is -1.05. The van der Waals surface area contributed by atoms with Gasteiger partial charge in [-0.3, -0.25) is 0 Å². The summed E-state index contributed by atoms with van der Waals surface area (Å²) >= 11 is 0. The van der Waals surface area contributed by atoms with E-state index in [0.717, 1.165) is 0 Å². The van der Waals surface area contributed by atoms with Gasteiger partial charge in [-0.25, -0.2) is 22.8 Å². The summed E-state index contributed by atoms with van der Waals surface area (Å²) in [4.78, 5) is 24.0. The van der Waals surface area contributed by atoms with Crippen molar-refractivity contribution >= 4 is 12.0 Å². The third kappa shape index (κ3) is 7.96. The van der Waals surface area contributed by atoms with E-state index in [1.807, 2.05) is 0 Å². The average molecular weight is 390 g/mol. The molecule has 0 aliphatic heterocycles. The number of hydrogen-bond donors (Lipinski definition) is 2. The van der Waals surface area contributed by atoms with E-state index in [0.29, 0.717) is 18.6 Å². The molecule has 0 aromatic heterocycles. The van der Waals surface area contributed by atoms with Crippen molar-refractivity contribution in [2.24, 2.45) is 0 Å². The highest BCUT2D eigenvalue weighted by Crippen LogP contribution is 2.17. The second kappa shape index (κ2) is 9.70. The van der Waals surface area contributed by atoms with Crippen molar-refractivity contribution in [1.82, 2.24) is 5.32 Å². The van der Waals surface area contributed by atoms with Gasteiger partial charge >= 0.3 is 12.0 Å². The van der Waals surface area contributed by atoms with Crippen LogP contribution in [-0.4, -0.2) is 30.2 Å². The van der Waals surface area contributed by atoms with Gasteiger partial charge in [0.15, 0.2) is 11.6 Å². The molecule has 0 saturated carbocycles. The van der Waals surface area contributed by atoms with Crippen LogP contribution in [0.15, 0.2) is 12.1 Å². The quantitative estimate of drug-likeness (QED) is 0.553. The van der Waals surface area contributed by atoms with Crippen LogP contribution < -0.4 is 10.4 Å². The van der Waals surface area contributed by atoms with Crippen LogP contribution in [0, 0.1) is 22.7 Å². The maximum Gasteiger partial charge on any atom is 0.407 e. The Balaban J connectivity index is 2.98. The third-order valence-corrected chi connectivity index (χ3v) is 3.50. The minimum atomic E-state index is -1.35. The lowest BCUT2D eigenvalue weighted by Crippen LogP contribution is -3.10. The molecule has 0 aliphatic carbocycles. The summed E-state index contributed by atoms with van der Waals surface area (Å²) in [7, 11) is 0. The summed E-state index contributed by atoms with van der Waals surface area (Å²) in [6.45, 7) is 6.68. The predicted octanol–water partition coefficient (Wildman–Crippen LogP) is 2.25. The third-order valence-electron chi connectivity index (χ3n) is 3.50. The topological polar surface area (TPSA) is 82.9 Å². The summed E-state index contributed by atoms with van der Waals surface area (Å²) in [5.74, 6) is -4.35. The van der Waals surface area contributed by atoms with Gasteiger partial charge in [-0.2, -0.15) is 0 Å². The predicted molar refractivity (Wildman–Crippen MR) is 92.3 cm³/mol. The highest BCUT2D eigenvalue weighted by Gasteiger charge is 2.25. The first kappa shape index (κ1) is 22.9. The monoisotopic (exact) mass is 390 g/mol. The van der Waals surface area contributed by atoms with Gasteiger partial charge in [-0.15, -0.1) is 0 Å². The Morgan fingerprint density at radius 2 is 1.78 bits per heavy atom. The molecule has 2 N–H and O–H groups in total. The molecule has 0 heterocycles. The lowest BCUT2D eigenvalue weighted by molar-refractivity contribution is -0.765. The van der Waals surface area contributed by atoms with Gasteiger partial charge in [0.1, 0.15) is 11.4 Å². The van der Waals surface area contributed by atoms with Gasteiger partial charge in [0.2, 0.25) is 0 Å². The van der Waals surface area contributed by atoms with E-state index in [1.54, 1.807) is 27.7 Å². The number of hydroxylamine groups is 2. The van der Waals surface area contributed by atoms with Gasteiger partial charge in [0.25, 0.3) is 0 Å². The fourth-order valence-corrected chi connectivity index (χ4v) is 2.34. The van der Waals surface area contributed by atoms with Crippen LogP contribution in [0.3, 0.4) is 0 Å². The molecule has 0 bridgehead atoms. The number of benzene rings is 1. The Kier molecular flexibility index (Phi) is 8.23. The maximum atomic E-state index is 13.9.